The maximum Gasteiger partial charge on any atom is 0.285 e. The molecular formula is C38H44ClFN6O3S. The molecule has 2 bridgehead atoms. The number of hydrogen-bond acceptors (Lipinski definition) is 5. The summed E-state index contributed by atoms with van der Waals surface area (Å²) < 4.78 is 46.6. The van der Waals surface area contributed by atoms with Gasteiger partial charge in [-0.25, -0.2) is 9.37 Å². The van der Waals surface area contributed by atoms with Crippen molar-refractivity contribution in [3.8, 4) is 0 Å². The van der Waals surface area contributed by atoms with E-state index in [1.54, 1.807) is 37.2 Å². The number of rotatable bonds is 9. The monoisotopic (exact) mass is 718 g/mol. The molecule has 0 spiro atoms. The molecule has 3 aliphatic heterocycles. The minimum absolute atomic E-state index is 0.00716. The Bertz CT molecular complexity index is 2030. The molecule has 264 valence electrons. The van der Waals surface area contributed by atoms with E-state index in [2.05, 4.69) is 39.0 Å². The summed E-state index contributed by atoms with van der Waals surface area (Å²) in [5.74, 6) is 0.561. The van der Waals surface area contributed by atoms with Gasteiger partial charge in [-0.1, -0.05) is 35.9 Å². The van der Waals surface area contributed by atoms with E-state index in [9.17, 15) is 17.6 Å². The topological polar surface area (TPSA) is 91.1 Å². The van der Waals surface area contributed by atoms with E-state index >= 15 is 0 Å². The third-order valence-corrected chi connectivity index (χ3v) is 12.9. The van der Waals surface area contributed by atoms with Crippen molar-refractivity contribution in [3.05, 3.63) is 94.5 Å². The molecule has 0 radical (unpaired) electrons. The first kappa shape index (κ1) is 34.6. The number of piperidine rings is 2. The fourth-order valence-corrected chi connectivity index (χ4v) is 10.1. The predicted molar refractivity (Wildman–Crippen MR) is 195 cm³/mol. The number of benzene rings is 3. The van der Waals surface area contributed by atoms with Crippen LogP contribution >= 0.6 is 11.6 Å². The van der Waals surface area contributed by atoms with Crippen molar-refractivity contribution >= 4 is 44.9 Å². The van der Waals surface area contributed by atoms with Crippen molar-refractivity contribution in [2.75, 3.05) is 33.7 Å². The van der Waals surface area contributed by atoms with E-state index in [0.717, 1.165) is 42.7 Å². The molecule has 3 aromatic carbocycles. The Morgan fingerprint density at radius 3 is 2.44 bits per heavy atom. The minimum atomic E-state index is -4.10. The third kappa shape index (κ3) is 6.67. The van der Waals surface area contributed by atoms with Crippen LogP contribution in [0, 0.1) is 12.7 Å². The van der Waals surface area contributed by atoms with Crippen molar-refractivity contribution in [1.29, 1.82) is 0 Å². The molecule has 3 atom stereocenters. The van der Waals surface area contributed by atoms with Crippen LogP contribution in [0.15, 0.2) is 76.0 Å². The number of sulfonamides is 1. The average Bonchev–Trinajstić information content (AvgIpc) is 3.56. The van der Waals surface area contributed by atoms with Crippen LogP contribution < -0.4 is 0 Å². The highest BCUT2D eigenvalue weighted by atomic mass is 35.5. The summed E-state index contributed by atoms with van der Waals surface area (Å²) in [6, 6.07) is 21.1. The summed E-state index contributed by atoms with van der Waals surface area (Å²) in [6.45, 7) is 3.98. The molecule has 3 saturated heterocycles. The smallest absolute Gasteiger partial charge is 0.285 e. The van der Waals surface area contributed by atoms with Crippen molar-refractivity contribution < 1.29 is 17.6 Å². The number of carbonyl (C=O) groups is 1. The largest absolute Gasteiger partial charge is 0.368 e. The highest BCUT2D eigenvalue weighted by Gasteiger charge is 2.44. The number of carbonyl (C=O) groups excluding carboxylic acids is 1. The number of aromatic nitrogens is 2. The number of halogens is 2. The summed E-state index contributed by atoms with van der Waals surface area (Å²) in [5, 5.41) is 0.00716. The molecule has 0 saturated carbocycles. The fraction of sp³-hybridized carbons (Fsp3) is 0.447. The maximum atomic E-state index is 14.7. The molecule has 0 N–H and O–H groups in total. The Kier molecular flexibility index (Phi) is 9.51. The lowest BCUT2D eigenvalue weighted by molar-refractivity contribution is 0.0606. The Labute approximate surface area is 298 Å². The second kappa shape index (κ2) is 13.7. The zero-order valence-electron chi connectivity index (χ0n) is 28.8. The summed E-state index contributed by atoms with van der Waals surface area (Å²) in [6.07, 6.45) is 7.96. The van der Waals surface area contributed by atoms with Gasteiger partial charge in [0.15, 0.2) is 0 Å². The highest BCUT2D eigenvalue weighted by Crippen LogP contribution is 2.45. The molecule has 1 amide bonds. The Morgan fingerprint density at radius 1 is 1.02 bits per heavy atom. The number of nitrogens with zero attached hydrogens (tertiary/aromatic N) is 6. The van der Waals surface area contributed by atoms with Crippen LogP contribution in [0.25, 0.3) is 11.0 Å². The van der Waals surface area contributed by atoms with Gasteiger partial charge in [-0.15, -0.1) is 4.40 Å². The van der Waals surface area contributed by atoms with Gasteiger partial charge in [0, 0.05) is 50.9 Å². The normalized spacial score (nSPS) is 22.4. The zero-order chi connectivity index (χ0) is 35.2. The van der Waals surface area contributed by atoms with Crippen LogP contribution in [-0.4, -0.2) is 90.7 Å². The average molecular weight is 719 g/mol. The first-order valence-electron chi connectivity index (χ1n) is 17.5. The lowest BCUT2D eigenvalue weighted by atomic mass is 9.70. The first-order chi connectivity index (χ1) is 23.9. The number of fused-ring (bicyclic) bond motifs is 3. The van der Waals surface area contributed by atoms with Gasteiger partial charge in [-0.2, -0.15) is 8.42 Å². The van der Waals surface area contributed by atoms with Gasteiger partial charge < -0.3 is 14.4 Å². The zero-order valence-corrected chi connectivity index (χ0v) is 30.4. The Hall–Kier alpha value is -3.80. The van der Waals surface area contributed by atoms with Crippen molar-refractivity contribution in [1.82, 2.24) is 24.3 Å². The lowest BCUT2D eigenvalue weighted by Crippen LogP contribution is -2.49. The van der Waals surface area contributed by atoms with E-state index < -0.39 is 10.0 Å². The highest BCUT2D eigenvalue weighted by molar-refractivity contribution is 7.90. The van der Waals surface area contributed by atoms with Gasteiger partial charge in [0.25, 0.3) is 15.9 Å². The fourth-order valence-electron chi connectivity index (χ4n) is 8.66. The molecule has 3 fully saturated rings. The number of likely N-dealkylation sites (tertiary alicyclic amines) is 1. The van der Waals surface area contributed by atoms with Crippen LogP contribution in [0.1, 0.15) is 72.7 Å². The molecule has 7 rings (SSSR count). The molecule has 12 heteroatoms. The van der Waals surface area contributed by atoms with Crippen LogP contribution in [0.4, 0.5) is 4.39 Å². The van der Waals surface area contributed by atoms with E-state index in [4.69, 9.17) is 16.6 Å². The molecule has 9 nitrogen and oxygen atoms in total. The van der Waals surface area contributed by atoms with E-state index in [0.29, 0.717) is 44.1 Å². The van der Waals surface area contributed by atoms with Gasteiger partial charge in [-0.05, 0) is 112 Å². The van der Waals surface area contributed by atoms with Gasteiger partial charge >= 0.3 is 0 Å². The molecule has 3 aliphatic rings. The molecule has 4 heterocycles. The summed E-state index contributed by atoms with van der Waals surface area (Å²) in [5.41, 5.74) is 3.19. The lowest BCUT2D eigenvalue weighted by Gasteiger charge is -2.45. The summed E-state index contributed by atoms with van der Waals surface area (Å²) in [7, 11) is -0.772. The molecule has 4 aromatic rings. The van der Waals surface area contributed by atoms with Gasteiger partial charge in [-0.3, -0.25) is 9.69 Å². The SMILES string of the molecule is Cc1nc2ccccc2n1C1C[C@H]2CC[C@@H](C1)N2CCC1(c2cccc(F)c2)CCN(C(=O)c2ccc(Cl)c(S(=O)(=O)N=CN(C)C)c2)CC1. The van der Waals surface area contributed by atoms with Crippen LogP contribution in [0.3, 0.4) is 0 Å². The van der Waals surface area contributed by atoms with Crippen LogP contribution in [-0.2, 0) is 15.4 Å². The second-order valence-corrected chi connectivity index (χ2v) is 16.4. The Morgan fingerprint density at radius 2 is 1.74 bits per heavy atom. The van der Waals surface area contributed by atoms with Gasteiger partial charge in [0.2, 0.25) is 0 Å². The van der Waals surface area contributed by atoms with E-state index in [1.807, 2.05) is 12.1 Å². The maximum absolute atomic E-state index is 14.7. The van der Waals surface area contributed by atoms with Crippen molar-refractivity contribution in [2.45, 2.75) is 80.3 Å². The molecule has 1 aromatic heterocycles. The molecule has 1 unspecified atom stereocenters. The number of aryl methyl sites for hydroxylation is 1. The standard InChI is InChI=1S/C38H44ClFN6O3S/c1-26-42-34-9-4-5-10-35(34)46(26)32-23-30-12-13-31(24-32)45(30)20-17-38(28-7-6-8-29(40)22-28)15-18-44(19-16-38)37(47)27-11-14-33(39)36(21-27)50(48,49)41-25-43(2)3/h4-11,14,21-22,25,30-32H,12-13,15-20,23-24H2,1-3H3/t30-,31+,32?. The third-order valence-electron chi connectivity index (χ3n) is 11.2. The second-order valence-electron chi connectivity index (χ2n) is 14.4. The summed E-state index contributed by atoms with van der Waals surface area (Å²) >= 11 is 6.26. The first-order valence-corrected chi connectivity index (χ1v) is 19.3. The van der Waals surface area contributed by atoms with Crippen LogP contribution in [0.5, 0.6) is 0 Å². The predicted octanol–water partition coefficient (Wildman–Crippen LogP) is 6.85. The minimum Gasteiger partial charge on any atom is -0.368 e. The van der Waals surface area contributed by atoms with Crippen molar-refractivity contribution in [2.24, 2.45) is 4.40 Å². The van der Waals surface area contributed by atoms with Gasteiger partial charge in [0.1, 0.15) is 22.9 Å². The Balaban J connectivity index is 1.07. The molecule has 50 heavy (non-hydrogen) atoms. The molecular weight excluding hydrogens is 675 g/mol. The number of para-hydroxylation sites is 2. The van der Waals surface area contributed by atoms with Crippen molar-refractivity contribution in [3.63, 3.8) is 0 Å². The van der Waals surface area contributed by atoms with Crippen LogP contribution in [0.2, 0.25) is 5.02 Å². The molecule has 0 aliphatic carbocycles. The van der Waals surface area contributed by atoms with E-state index in [1.165, 1.54) is 47.8 Å². The number of amides is 1. The number of hydrogen-bond donors (Lipinski definition) is 0. The quantitative estimate of drug-likeness (QED) is 0.139. The summed E-state index contributed by atoms with van der Waals surface area (Å²) in [4.78, 5) is 24.4. The van der Waals surface area contributed by atoms with Gasteiger partial charge in [0.05, 0.1) is 16.1 Å². The number of imidazole rings is 1. The van der Waals surface area contributed by atoms with E-state index in [-0.39, 0.29) is 32.6 Å².